The van der Waals surface area contributed by atoms with Crippen molar-refractivity contribution < 1.29 is 22.4 Å². The zero-order chi connectivity index (χ0) is 27.8. The molecule has 0 radical (unpaired) electrons. The highest BCUT2D eigenvalue weighted by Gasteiger charge is 2.45. The molecule has 1 amide bonds. The van der Waals surface area contributed by atoms with Gasteiger partial charge in [0, 0.05) is 30.9 Å². The average molecular weight is 553 g/mol. The maximum absolute atomic E-state index is 15.0. The number of benzene rings is 1. The molecule has 1 N–H and O–H groups in total. The Balaban J connectivity index is 1.34. The van der Waals surface area contributed by atoms with Gasteiger partial charge in [0.25, 0.3) is 11.8 Å². The summed E-state index contributed by atoms with van der Waals surface area (Å²) < 4.78 is 58.3. The second kappa shape index (κ2) is 9.17. The number of alkyl halides is 2. The molecule has 1 aliphatic heterocycles. The Morgan fingerprint density at radius 1 is 1.12 bits per heavy atom. The Labute approximate surface area is 227 Å². The van der Waals surface area contributed by atoms with Crippen LogP contribution in [0, 0.1) is 29.4 Å². The van der Waals surface area contributed by atoms with Gasteiger partial charge >= 0.3 is 0 Å². The summed E-state index contributed by atoms with van der Waals surface area (Å²) >= 11 is 0. The zero-order valence-corrected chi connectivity index (χ0v) is 21.7. The summed E-state index contributed by atoms with van der Waals surface area (Å²) in [4.78, 5) is 33.1. The quantitative estimate of drug-likeness (QED) is 0.421. The summed E-state index contributed by atoms with van der Waals surface area (Å²) in [7, 11) is 0. The minimum atomic E-state index is -2.88. The van der Waals surface area contributed by atoms with E-state index in [1.807, 2.05) is 0 Å². The van der Waals surface area contributed by atoms with E-state index in [4.69, 9.17) is 0 Å². The largest absolute Gasteiger partial charge is 0.351 e. The fraction of sp³-hybridized carbons (Fsp3) is 0.433. The molecule has 3 aliphatic carbocycles. The first kappa shape index (κ1) is 25.3. The normalized spacial score (nSPS) is 25.1. The number of amides is 1. The van der Waals surface area contributed by atoms with Crippen molar-refractivity contribution in [2.75, 3.05) is 18.0 Å². The van der Waals surface area contributed by atoms with Crippen LogP contribution in [0.1, 0.15) is 55.3 Å². The van der Waals surface area contributed by atoms with Gasteiger partial charge in [-0.1, -0.05) is 0 Å². The fourth-order valence-corrected chi connectivity index (χ4v) is 7.36. The maximum atomic E-state index is 15.0. The number of anilines is 1. The van der Waals surface area contributed by atoms with E-state index in [0.717, 1.165) is 43.9 Å². The highest BCUT2D eigenvalue weighted by Crippen LogP contribution is 2.55. The molecular weight excluding hydrogens is 524 g/mol. The first-order valence-corrected chi connectivity index (χ1v) is 13.8. The van der Waals surface area contributed by atoms with Gasteiger partial charge in [-0.05, 0) is 86.1 Å². The number of carbonyl (C=O) groups excluding carboxylic acids is 1. The molecule has 1 aromatic carbocycles. The minimum absolute atomic E-state index is 0.00479. The topological polar surface area (TPSA) is 67.2 Å². The Bertz CT molecular complexity index is 1650. The van der Waals surface area contributed by atoms with Gasteiger partial charge in [-0.3, -0.25) is 14.2 Å². The molecule has 1 saturated heterocycles. The summed E-state index contributed by atoms with van der Waals surface area (Å²) in [6.07, 6.45) is 6.43. The van der Waals surface area contributed by atoms with Crippen molar-refractivity contribution in [1.82, 2.24) is 14.9 Å². The molecule has 6 nitrogen and oxygen atoms in total. The van der Waals surface area contributed by atoms with Gasteiger partial charge in [0.05, 0.1) is 17.6 Å². The van der Waals surface area contributed by atoms with Crippen LogP contribution in [0.15, 0.2) is 52.6 Å². The minimum Gasteiger partial charge on any atom is -0.351 e. The molecule has 2 saturated carbocycles. The highest BCUT2D eigenvalue weighted by molar-refractivity contribution is 5.98. The van der Waals surface area contributed by atoms with E-state index >= 15 is 4.39 Å². The number of fused-ring (bicyclic) bond motifs is 2. The van der Waals surface area contributed by atoms with E-state index in [1.165, 1.54) is 39.4 Å². The van der Waals surface area contributed by atoms with Gasteiger partial charge < -0.3 is 10.2 Å². The van der Waals surface area contributed by atoms with Crippen LogP contribution >= 0.6 is 0 Å². The average Bonchev–Trinajstić information content (AvgIpc) is 3.46. The van der Waals surface area contributed by atoms with Crippen LogP contribution < -0.4 is 15.6 Å². The lowest BCUT2D eigenvalue weighted by Gasteiger charge is -2.33. The van der Waals surface area contributed by atoms with E-state index in [-0.39, 0.29) is 40.9 Å². The van der Waals surface area contributed by atoms with Crippen molar-refractivity contribution in [3.63, 3.8) is 0 Å². The molecule has 3 heterocycles. The molecular formula is C30H28F4N4O2. The number of nitrogens with one attached hydrogen (secondary N) is 1. The molecule has 3 atom stereocenters. The van der Waals surface area contributed by atoms with Gasteiger partial charge in [-0.15, -0.1) is 0 Å². The lowest BCUT2D eigenvalue weighted by molar-refractivity contribution is -0.0118. The van der Waals surface area contributed by atoms with E-state index in [0.29, 0.717) is 30.4 Å². The maximum Gasteiger partial charge on any atom is 0.265 e. The predicted molar refractivity (Wildman–Crippen MR) is 142 cm³/mol. The van der Waals surface area contributed by atoms with Crippen molar-refractivity contribution in [2.24, 2.45) is 17.8 Å². The first-order chi connectivity index (χ1) is 19.2. The molecule has 3 aromatic rings. The lowest BCUT2D eigenvalue weighted by atomic mass is 9.86. The molecule has 2 bridgehead atoms. The molecule has 2 aromatic heterocycles. The van der Waals surface area contributed by atoms with Crippen LogP contribution in [0.3, 0.4) is 0 Å². The number of pyridine rings is 2. The monoisotopic (exact) mass is 552 g/mol. The Kier molecular flexibility index (Phi) is 5.80. The highest BCUT2D eigenvalue weighted by atomic mass is 19.3. The van der Waals surface area contributed by atoms with Crippen LogP contribution in [0.5, 0.6) is 0 Å². The molecule has 3 fully saturated rings. The second-order valence-corrected chi connectivity index (χ2v) is 11.7. The SMILES string of the molecule is O=C(NC1=C2CCC3CC(C1)CC23)c1cn(-c2ccc(F)cc2F)c2nc(N3CCCC(F)(F)C3)ccc2c1=O. The third kappa shape index (κ3) is 4.19. The van der Waals surface area contributed by atoms with Crippen LogP contribution in [0.2, 0.25) is 0 Å². The van der Waals surface area contributed by atoms with Gasteiger partial charge in [-0.25, -0.2) is 22.5 Å². The van der Waals surface area contributed by atoms with Crippen LogP contribution in [-0.2, 0) is 0 Å². The number of carbonyl (C=O) groups is 1. The van der Waals surface area contributed by atoms with Gasteiger partial charge in [0.1, 0.15) is 23.0 Å². The second-order valence-electron chi connectivity index (χ2n) is 11.7. The molecule has 40 heavy (non-hydrogen) atoms. The third-order valence-electron chi connectivity index (χ3n) is 9.14. The summed E-state index contributed by atoms with van der Waals surface area (Å²) in [5, 5.41) is 3.04. The molecule has 7 rings (SSSR count). The number of rotatable bonds is 4. The number of nitrogens with zero attached hydrogens (tertiary/aromatic N) is 3. The Hall–Kier alpha value is -3.69. The summed E-state index contributed by atoms with van der Waals surface area (Å²) in [5.41, 5.74) is 1.26. The third-order valence-corrected chi connectivity index (χ3v) is 9.14. The molecule has 208 valence electrons. The van der Waals surface area contributed by atoms with Crippen molar-refractivity contribution >= 4 is 22.8 Å². The molecule has 0 spiro atoms. The summed E-state index contributed by atoms with van der Waals surface area (Å²) in [6, 6.07) is 5.88. The van der Waals surface area contributed by atoms with Crippen LogP contribution in [0.25, 0.3) is 16.7 Å². The van der Waals surface area contributed by atoms with E-state index in [2.05, 4.69) is 10.3 Å². The standard InChI is InChI=1S/C30H28F4N4O2/c31-18-3-6-25(23(32)13-18)38-14-22(29(40)35-24-12-16-10-17-2-4-19(24)21(17)11-16)27(39)20-5-7-26(36-28(20)38)37-9-1-8-30(33,34)15-37/h3,5-7,13-14,16-17,21H,1-2,4,8-12,15H2,(H,35,40). The van der Waals surface area contributed by atoms with E-state index in [1.54, 1.807) is 0 Å². The van der Waals surface area contributed by atoms with Crippen molar-refractivity contribution in [3.05, 3.63) is 75.2 Å². The zero-order valence-electron chi connectivity index (χ0n) is 21.7. The van der Waals surface area contributed by atoms with Crippen molar-refractivity contribution in [3.8, 4) is 5.69 Å². The Morgan fingerprint density at radius 3 is 2.77 bits per heavy atom. The van der Waals surface area contributed by atoms with Crippen LogP contribution in [-0.4, -0.2) is 34.5 Å². The Morgan fingerprint density at radius 2 is 1.98 bits per heavy atom. The number of halogens is 4. The van der Waals surface area contributed by atoms with Gasteiger partial charge in [-0.2, -0.15) is 0 Å². The van der Waals surface area contributed by atoms with E-state index < -0.39 is 35.4 Å². The number of hydrogen-bond acceptors (Lipinski definition) is 4. The molecule has 3 unspecified atom stereocenters. The van der Waals surface area contributed by atoms with Crippen molar-refractivity contribution in [2.45, 2.75) is 50.9 Å². The summed E-state index contributed by atoms with van der Waals surface area (Å²) in [6.45, 7) is -0.175. The number of hydrogen-bond donors (Lipinski definition) is 1. The number of piperidine rings is 1. The molecule has 4 aliphatic rings. The lowest BCUT2D eigenvalue weighted by Crippen LogP contribution is -2.43. The predicted octanol–water partition coefficient (Wildman–Crippen LogP) is 5.72. The van der Waals surface area contributed by atoms with E-state index in [9.17, 15) is 22.8 Å². The van der Waals surface area contributed by atoms with Crippen LogP contribution in [0.4, 0.5) is 23.4 Å². The van der Waals surface area contributed by atoms with Crippen molar-refractivity contribution in [1.29, 1.82) is 0 Å². The number of aromatic nitrogens is 2. The van der Waals surface area contributed by atoms with Gasteiger partial charge in [0.2, 0.25) is 5.43 Å². The summed E-state index contributed by atoms with van der Waals surface area (Å²) in [5.74, 6) is -3.26. The first-order valence-electron chi connectivity index (χ1n) is 13.8. The van der Waals surface area contributed by atoms with Gasteiger partial charge in [0.15, 0.2) is 5.65 Å². The fourth-order valence-electron chi connectivity index (χ4n) is 7.36. The molecule has 10 heteroatoms. The number of allylic oxidation sites excluding steroid dienone is 2. The smallest absolute Gasteiger partial charge is 0.265 e.